The maximum atomic E-state index is 12.0. The van der Waals surface area contributed by atoms with E-state index < -0.39 is 34.6 Å². The van der Waals surface area contributed by atoms with E-state index in [1.807, 2.05) is 0 Å². The summed E-state index contributed by atoms with van der Waals surface area (Å²) in [6, 6.07) is 10.8. The number of hydrogen-bond donors (Lipinski definition) is 3. The first-order valence-corrected chi connectivity index (χ1v) is 7.18. The molecule has 2 aromatic rings. The lowest BCUT2D eigenvalue weighted by molar-refractivity contribution is -0.131. The molecule has 3 rings (SSSR count). The summed E-state index contributed by atoms with van der Waals surface area (Å²) in [4.78, 5) is 32.6. The minimum atomic E-state index is -0.688. The van der Waals surface area contributed by atoms with Gasteiger partial charge in [0, 0.05) is 5.56 Å². The zero-order valence-corrected chi connectivity index (χ0v) is 12.9. The smallest absolute Gasteiger partial charge is 0.225 e. The highest BCUT2D eigenvalue weighted by atomic mass is 16.3. The zero-order valence-electron chi connectivity index (χ0n) is 12.9. The van der Waals surface area contributed by atoms with E-state index in [0.717, 1.165) is 6.07 Å². The summed E-state index contributed by atoms with van der Waals surface area (Å²) in [5.41, 5.74) is 0.347. The summed E-state index contributed by atoms with van der Waals surface area (Å²) >= 11 is 0. The van der Waals surface area contributed by atoms with Gasteiger partial charge in [0.2, 0.25) is 17.3 Å². The second kappa shape index (κ2) is 7.74. The van der Waals surface area contributed by atoms with Crippen molar-refractivity contribution in [3.63, 3.8) is 0 Å². The maximum absolute atomic E-state index is 12.0. The van der Waals surface area contributed by atoms with Gasteiger partial charge in [-0.3, -0.25) is 14.4 Å². The largest absolute Gasteiger partial charge is 0.504 e. The molecule has 0 saturated carbocycles. The van der Waals surface area contributed by atoms with Crippen LogP contribution in [0.15, 0.2) is 66.8 Å². The molecule has 0 bridgehead atoms. The molecule has 0 unspecified atom stereocenters. The Labute approximate surface area is 143 Å². The SMILES string of the molecule is O=C(c1ccccc1)c1ccc(O)c(O)c1O.O=C1C=CC=CC1=O. The van der Waals surface area contributed by atoms with Crippen molar-refractivity contribution in [3.05, 3.63) is 77.9 Å². The Kier molecular flexibility index (Phi) is 5.47. The molecular formula is C19H14O6. The molecule has 25 heavy (non-hydrogen) atoms. The van der Waals surface area contributed by atoms with Gasteiger partial charge in [-0.2, -0.15) is 0 Å². The molecule has 0 spiro atoms. The zero-order chi connectivity index (χ0) is 18.4. The number of aromatic hydroxyl groups is 3. The van der Waals surface area contributed by atoms with Crippen LogP contribution in [0.25, 0.3) is 0 Å². The van der Waals surface area contributed by atoms with Crippen LogP contribution in [0.1, 0.15) is 15.9 Å². The number of carbonyl (C=O) groups is 3. The first-order valence-electron chi connectivity index (χ1n) is 7.18. The lowest BCUT2D eigenvalue weighted by Crippen LogP contribution is -2.08. The van der Waals surface area contributed by atoms with E-state index in [4.69, 9.17) is 5.11 Å². The van der Waals surface area contributed by atoms with Crippen molar-refractivity contribution >= 4 is 17.3 Å². The van der Waals surface area contributed by atoms with Crippen LogP contribution in [-0.4, -0.2) is 32.7 Å². The van der Waals surface area contributed by atoms with Crippen LogP contribution in [0.2, 0.25) is 0 Å². The van der Waals surface area contributed by atoms with Crippen molar-refractivity contribution in [1.29, 1.82) is 0 Å². The van der Waals surface area contributed by atoms with Crippen LogP contribution in [0, 0.1) is 0 Å². The van der Waals surface area contributed by atoms with E-state index in [0.29, 0.717) is 5.56 Å². The summed E-state index contributed by atoms with van der Waals surface area (Å²) in [7, 11) is 0. The molecule has 0 fully saturated rings. The van der Waals surface area contributed by atoms with Gasteiger partial charge >= 0.3 is 0 Å². The van der Waals surface area contributed by atoms with Gasteiger partial charge in [-0.05, 0) is 24.3 Å². The molecule has 0 radical (unpaired) electrons. The average molecular weight is 338 g/mol. The summed E-state index contributed by atoms with van der Waals surface area (Å²) in [6.45, 7) is 0. The Hall–Kier alpha value is -3.67. The van der Waals surface area contributed by atoms with Gasteiger partial charge in [0.25, 0.3) is 0 Å². The number of carbonyl (C=O) groups excluding carboxylic acids is 3. The van der Waals surface area contributed by atoms with Gasteiger partial charge < -0.3 is 15.3 Å². The monoisotopic (exact) mass is 338 g/mol. The Morgan fingerprint density at radius 2 is 1.28 bits per heavy atom. The lowest BCUT2D eigenvalue weighted by atomic mass is 10.0. The first-order chi connectivity index (χ1) is 11.9. The second-order valence-electron chi connectivity index (χ2n) is 4.97. The van der Waals surface area contributed by atoms with Crippen molar-refractivity contribution < 1.29 is 29.7 Å². The van der Waals surface area contributed by atoms with Gasteiger partial charge in [-0.15, -0.1) is 0 Å². The molecule has 0 aromatic heterocycles. The standard InChI is InChI=1S/C13H10O4.C6H4O2/c14-10-7-6-9(12(16)13(10)17)11(15)8-4-2-1-3-5-8;7-5-3-1-2-4-6(5)8/h1-7,14,16-17H;1-4H. The Balaban J connectivity index is 0.000000236. The minimum absolute atomic E-state index is 0.0495. The Bertz CT molecular complexity index is 856. The van der Waals surface area contributed by atoms with Gasteiger partial charge in [-0.25, -0.2) is 0 Å². The molecule has 0 amide bonds. The number of allylic oxidation sites excluding steroid dienone is 4. The van der Waals surface area contributed by atoms with Gasteiger partial charge in [-0.1, -0.05) is 42.5 Å². The molecule has 6 nitrogen and oxygen atoms in total. The summed E-state index contributed by atoms with van der Waals surface area (Å²) in [5, 5.41) is 28.1. The molecule has 126 valence electrons. The third-order valence-corrected chi connectivity index (χ3v) is 3.26. The topological polar surface area (TPSA) is 112 Å². The van der Waals surface area contributed by atoms with Crippen molar-refractivity contribution in [2.24, 2.45) is 0 Å². The number of hydrogen-bond acceptors (Lipinski definition) is 6. The molecule has 0 atom stereocenters. The predicted molar refractivity (Wildman–Crippen MR) is 89.6 cm³/mol. The lowest BCUT2D eigenvalue weighted by Gasteiger charge is -2.06. The maximum Gasteiger partial charge on any atom is 0.225 e. The highest BCUT2D eigenvalue weighted by molar-refractivity contribution is 6.46. The van der Waals surface area contributed by atoms with Crippen molar-refractivity contribution in [2.45, 2.75) is 0 Å². The molecular weight excluding hydrogens is 324 g/mol. The minimum Gasteiger partial charge on any atom is -0.504 e. The van der Waals surface area contributed by atoms with Crippen LogP contribution in [0.5, 0.6) is 17.2 Å². The second-order valence-corrected chi connectivity index (χ2v) is 4.97. The van der Waals surface area contributed by atoms with Crippen LogP contribution < -0.4 is 0 Å². The Morgan fingerprint density at radius 1 is 0.720 bits per heavy atom. The molecule has 0 saturated heterocycles. The quantitative estimate of drug-likeness (QED) is 0.335. The summed E-state index contributed by atoms with van der Waals surface area (Å²) < 4.78 is 0. The van der Waals surface area contributed by atoms with Crippen LogP contribution in [0.4, 0.5) is 0 Å². The third kappa shape index (κ3) is 4.20. The number of phenols is 3. The van der Waals surface area contributed by atoms with Crippen molar-refractivity contribution in [1.82, 2.24) is 0 Å². The fraction of sp³-hybridized carbons (Fsp3) is 0. The van der Waals surface area contributed by atoms with E-state index in [2.05, 4.69) is 0 Å². The molecule has 3 N–H and O–H groups in total. The van der Waals surface area contributed by atoms with Crippen LogP contribution >= 0.6 is 0 Å². The van der Waals surface area contributed by atoms with E-state index >= 15 is 0 Å². The molecule has 2 aromatic carbocycles. The van der Waals surface area contributed by atoms with Crippen molar-refractivity contribution in [2.75, 3.05) is 0 Å². The highest BCUT2D eigenvalue weighted by Crippen LogP contribution is 2.37. The summed E-state index contributed by atoms with van der Waals surface area (Å²) in [5.74, 6) is -3.06. The molecule has 0 heterocycles. The van der Waals surface area contributed by atoms with Gasteiger partial charge in [0.15, 0.2) is 17.3 Å². The molecule has 1 aliphatic carbocycles. The summed E-state index contributed by atoms with van der Waals surface area (Å²) in [6.07, 6.45) is 5.60. The van der Waals surface area contributed by atoms with Gasteiger partial charge in [0.1, 0.15) is 0 Å². The molecule has 0 aliphatic heterocycles. The number of phenolic OH excluding ortho intramolecular Hbond substituents is 3. The van der Waals surface area contributed by atoms with Crippen molar-refractivity contribution in [3.8, 4) is 17.2 Å². The fourth-order valence-corrected chi connectivity index (χ4v) is 1.95. The van der Waals surface area contributed by atoms with Crippen LogP contribution in [-0.2, 0) is 9.59 Å². The van der Waals surface area contributed by atoms with Crippen LogP contribution in [0.3, 0.4) is 0 Å². The average Bonchev–Trinajstić information content (AvgIpc) is 2.63. The first kappa shape index (κ1) is 17.7. The van der Waals surface area contributed by atoms with E-state index in [1.54, 1.807) is 42.5 Å². The highest BCUT2D eigenvalue weighted by Gasteiger charge is 2.18. The molecule has 1 aliphatic rings. The fourth-order valence-electron chi connectivity index (χ4n) is 1.95. The van der Waals surface area contributed by atoms with E-state index in [-0.39, 0.29) is 5.56 Å². The van der Waals surface area contributed by atoms with E-state index in [1.165, 1.54) is 18.2 Å². The van der Waals surface area contributed by atoms with Gasteiger partial charge in [0.05, 0.1) is 5.56 Å². The Morgan fingerprint density at radius 3 is 1.80 bits per heavy atom. The normalized spacial score (nSPS) is 12.5. The van der Waals surface area contributed by atoms with E-state index in [9.17, 15) is 24.6 Å². The number of benzene rings is 2. The number of rotatable bonds is 2. The third-order valence-electron chi connectivity index (χ3n) is 3.26. The predicted octanol–water partition coefficient (Wildman–Crippen LogP) is 2.29. The molecule has 6 heteroatoms. The number of ketones is 3.